The Balaban J connectivity index is 0.00000176. The van der Waals surface area contributed by atoms with Crippen molar-refractivity contribution in [2.75, 3.05) is 24.6 Å². The van der Waals surface area contributed by atoms with E-state index in [0.29, 0.717) is 13.2 Å². The van der Waals surface area contributed by atoms with Gasteiger partial charge in [-0.3, -0.25) is 0 Å². The molecular formula is C18H22ClNO2. The van der Waals surface area contributed by atoms with E-state index >= 15 is 0 Å². The van der Waals surface area contributed by atoms with Gasteiger partial charge in [0.15, 0.2) is 0 Å². The number of β-amino-alcohol motifs (C(OH)–C–C–N with tert-alkyl or cyclic N) is 1. The number of nitrogens with zero attached hydrogens (tertiary/aromatic N) is 1. The number of aliphatic hydroxyl groups is 1. The van der Waals surface area contributed by atoms with E-state index in [1.807, 2.05) is 37.3 Å². The monoisotopic (exact) mass is 319 g/mol. The molecule has 0 bridgehead atoms. The zero-order valence-corrected chi connectivity index (χ0v) is 13.6. The molecule has 1 aliphatic heterocycles. The van der Waals surface area contributed by atoms with Crippen LogP contribution in [0.15, 0.2) is 48.5 Å². The van der Waals surface area contributed by atoms with Crippen molar-refractivity contribution in [1.29, 1.82) is 0 Å². The Morgan fingerprint density at radius 2 is 2.00 bits per heavy atom. The van der Waals surface area contributed by atoms with Crippen LogP contribution >= 0.6 is 12.4 Å². The Hall–Kier alpha value is -1.71. The number of hydrogen-bond acceptors (Lipinski definition) is 3. The summed E-state index contributed by atoms with van der Waals surface area (Å²) in [6, 6.07) is 16.3. The highest BCUT2D eigenvalue weighted by Crippen LogP contribution is 2.27. The van der Waals surface area contributed by atoms with Gasteiger partial charge in [-0.25, -0.2) is 0 Å². The Kier molecular flexibility index (Phi) is 5.69. The van der Waals surface area contributed by atoms with Crippen LogP contribution in [0, 0.1) is 6.92 Å². The van der Waals surface area contributed by atoms with Crippen LogP contribution in [0.1, 0.15) is 11.1 Å². The first-order chi connectivity index (χ1) is 10.2. The number of aliphatic hydroxyl groups excluding tert-OH is 1. The van der Waals surface area contributed by atoms with Gasteiger partial charge in [0.1, 0.15) is 18.5 Å². The van der Waals surface area contributed by atoms with Crippen LogP contribution in [0.5, 0.6) is 5.75 Å². The number of hydrogen-bond donors (Lipinski definition) is 1. The largest absolute Gasteiger partial charge is 0.491 e. The van der Waals surface area contributed by atoms with Gasteiger partial charge in [-0.1, -0.05) is 30.3 Å². The van der Waals surface area contributed by atoms with Crippen LogP contribution in [0.3, 0.4) is 0 Å². The molecular weight excluding hydrogens is 298 g/mol. The van der Waals surface area contributed by atoms with E-state index in [-0.39, 0.29) is 12.4 Å². The third kappa shape index (κ3) is 3.93. The normalized spacial score (nSPS) is 14.2. The first-order valence-electron chi connectivity index (χ1n) is 7.43. The maximum Gasteiger partial charge on any atom is 0.119 e. The highest BCUT2D eigenvalue weighted by atomic mass is 35.5. The van der Waals surface area contributed by atoms with E-state index in [4.69, 9.17) is 4.74 Å². The molecule has 1 unspecified atom stereocenters. The second kappa shape index (κ2) is 7.52. The quantitative estimate of drug-likeness (QED) is 0.918. The van der Waals surface area contributed by atoms with Crippen LogP contribution in [0.25, 0.3) is 0 Å². The Morgan fingerprint density at radius 1 is 1.18 bits per heavy atom. The average molecular weight is 320 g/mol. The minimum atomic E-state index is -0.489. The van der Waals surface area contributed by atoms with Crippen LogP contribution in [-0.4, -0.2) is 30.9 Å². The predicted octanol–water partition coefficient (Wildman–Crippen LogP) is 3.22. The van der Waals surface area contributed by atoms with E-state index < -0.39 is 6.10 Å². The maximum absolute atomic E-state index is 10.2. The van der Waals surface area contributed by atoms with Crippen molar-refractivity contribution < 1.29 is 9.84 Å². The van der Waals surface area contributed by atoms with Gasteiger partial charge in [0.05, 0.1) is 0 Å². The fourth-order valence-corrected chi connectivity index (χ4v) is 2.80. The van der Waals surface area contributed by atoms with Gasteiger partial charge in [0, 0.05) is 18.8 Å². The molecule has 118 valence electrons. The third-order valence-corrected chi connectivity index (χ3v) is 3.85. The molecule has 1 atom stereocenters. The molecule has 0 radical (unpaired) electrons. The maximum atomic E-state index is 10.2. The number of halogens is 1. The lowest BCUT2D eigenvalue weighted by molar-refractivity contribution is 0.112. The molecule has 0 saturated carbocycles. The summed E-state index contributed by atoms with van der Waals surface area (Å²) in [5.41, 5.74) is 3.77. The van der Waals surface area contributed by atoms with E-state index in [1.54, 1.807) is 0 Å². The molecule has 1 aliphatic rings. The summed E-state index contributed by atoms with van der Waals surface area (Å²) in [6.07, 6.45) is 0.568. The summed E-state index contributed by atoms with van der Waals surface area (Å²) < 4.78 is 5.67. The lowest BCUT2D eigenvalue weighted by Crippen LogP contribution is -2.34. The van der Waals surface area contributed by atoms with Crippen molar-refractivity contribution in [2.24, 2.45) is 0 Å². The van der Waals surface area contributed by atoms with Crippen molar-refractivity contribution in [3.8, 4) is 5.75 Å². The van der Waals surface area contributed by atoms with Gasteiger partial charge in [-0.15, -0.1) is 12.4 Å². The second-order valence-corrected chi connectivity index (χ2v) is 5.61. The second-order valence-electron chi connectivity index (χ2n) is 5.61. The highest BCUT2D eigenvalue weighted by molar-refractivity contribution is 5.85. The zero-order chi connectivity index (χ0) is 14.7. The highest BCUT2D eigenvalue weighted by Gasteiger charge is 2.20. The Bertz CT molecular complexity index is 618. The molecule has 0 amide bonds. The Morgan fingerprint density at radius 3 is 2.82 bits per heavy atom. The van der Waals surface area contributed by atoms with Crippen LogP contribution in [0.4, 0.5) is 5.69 Å². The van der Waals surface area contributed by atoms with E-state index in [0.717, 1.165) is 24.3 Å². The van der Waals surface area contributed by atoms with Crippen molar-refractivity contribution in [1.82, 2.24) is 0 Å². The van der Waals surface area contributed by atoms with Gasteiger partial charge in [-0.2, -0.15) is 0 Å². The molecule has 2 aromatic rings. The van der Waals surface area contributed by atoms with Gasteiger partial charge in [0.25, 0.3) is 0 Å². The molecule has 4 heteroatoms. The summed E-state index contributed by atoms with van der Waals surface area (Å²) in [6.45, 7) is 3.94. The van der Waals surface area contributed by atoms with E-state index in [2.05, 4.69) is 23.1 Å². The number of para-hydroxylation sites is 1. The van der Waals surface area contributed by atoms with Gasteiger partial charge in [0.2, 0.25) is 0 Å². The minimum absolute atomic E-state index is 0. The van der Waals surface area contributed by atoms with Gasteiger partial charge >= 0.3 is 0 Å². The molecule has 0 spiro atoms. The molecule has 1 heterocycles. The molecule has 2 aromatic carbocycles. The minimum Gasteiger partial charge on any atom is -0.491 e. The lowest BCUT2D eigenvalue weighted by Gasteiger charge is -2.23. The summed E-state index contributed by atoms with van der Waals surface area (Å²) in [5.74, 6) is 0.816. The average Bonchev–Trinajstić information content (AvgIpc) is 2.89. The number of anilines is 1. The number of aryl methyl sites for hydroxylation is 1. The molecule has 0 fully saturated rings. The molecule has 0 saturated heterocycles. The first-order valence-corrected chi connectivity index (χ1v) is 7.43. The summed E-state index contributed by atoms with van der Waals surface area (Å²) >= 11 is 0. The smallest absolute Gasteiger partial charge is 0.119 e. The SMILES string of the molecule is Cc1cccc(OCC(O)CN2CCc3ccccc32)c1.Cl. The lowest BCUT2D eigenvalue weighted by atomic mass is 10.2. The standard InChI is InChI=1S/C18H21NO2.ClH/c1-14-5-4-7-17(11-14)21-13-16(20)12-19-10-9-15-6-2-3-8-18(15)19;/h2-8,11,16,20H,9-10,12-13H2,1H3;1H. The summed E-state index contributed by atoms with van der Waals surface area (Å²) in [4.78, 5) is 2.24. The van der Waals surface area contributed by atoms with E-state index in [1.165, 1.54) is 11.3 Å². The predicted molar refractivity (Wildman–Crippen MR) is 92.3 cm³/mol. The topological polar surface area (TPSA) is 32.7 Å². The summed E-state index contributed by atoms with van der Waals surface area (Å²) in [5, 5.41) is 10.2. The van der Waals surface area contributed by atoms with Crippen LogP contribution in [-0.2, 0) is 6.42 Å². The van der Waals surface area contributed by atoms with Gasteiger partial charge < -0.3 is 14.7 Å². The van der Waals surface area contributed by atoms with Crippen LogP contribution in [0.2, 0.25) is 0 Å². The molecule has 22 heavy (non-hydrogen) atoms. The number of fused-ring (bicyclic) bond motifs is 1. The number of rotatable bonds is 5. The van der Waals surface area contributed by atoms with Crippen molar-refractivity contribution in [2.45, 2.75) is 19.4 Å². The fourth-order valence-electron chi connectivity index (χ4n) is 2.80. The van der Waals surface area contributed by atoms with Crippen molar-refractivity contribution >= 4 is 18.1 Å². The number of benzene rings is 2. The zero-order valence-electron chi connectivity index (χ0n) is 12.7. The first kappa shape index (κ1) is 16.7. The summed E-state index contributed by atoms with van der Waals surface area (Å²) in [7, 11) is 0. The molecule has 3 rings (SSSR count). The van der Waals surface area contributed by atoms with Crippen molar-refractivity contribution in [3.05, 3.63) is 59.7 Å². The molecule has 0 aromatic heterocycles. The number of ether oxygens (including phenoxy) is 1. The van der Waals surface area contributed by atoms with E-state index in [9.17, 15) is 5.11 Å². The van der Waals surface area contributed by atoms with Crippen LogP contribution < -0.4 is 9.64 Å². The Labute approximate surface area is 137 Å². The fraction of sp³-hybridized carbons (Fsp3) is 0.333. The van der Waals surface area contributed by atoms with Crippen molar-refractivity contribution in [3.63, 3.8) is 0 Å². The third-order valence-electron chi connectivity index (χ3n) is 3.85. The van der Waals surface area contributed by atoms with Gasteiger partial charge in [-0.05, 0) is 42.7 Å². The molecule has 0 aliphatic carbocycles. The molecule has 3 nitrogen and oxygen atoms in total. The molecule has 1 N–H and O–H groups in total.